The van der Waals surface area contributed by atoms with Gasteiger partial charge in [0.25, 0.3) is 5.91 Å². The molecule has 9 nitrogen and oxygen atoms in total. The predicted octanol–water partition coefficient (Wildman–Crippen LogP) is 4.95. The Kier molecular flexibility index (Phi) is 6.94. The van der Waals surface area contributed by atoms with Crippen LogP contribution in [0.1, 0.15) is 72.8 Å². The first-order chi connectivity index (χ1) is 19.5. The molecule has 1 amide bonds. The number of aryl methyl sites for hydroxylation is 2. The Morgan fingerprint density at radius 2 is 1.85 bits per heavy atom. The first kappa shape index (κ1) is 27.5. The molecule has 1 aliphatic heterocycles. The molecule has 2 N–H and O–H groups in total. The van der Waals surface area contributed by atoms with Crippen molar-refractivity contribution in [2.24, 2.45) is 7.05 Å². The fraction of sp³-hybridized carbons (Fsp3) is 0.484. The van der Waals surface area contributed by atoms with Gasteiger partial charge in [0.2, 0.25) is 5.95 Å². The molecular weight excluding hydrogens is 521 g/mol. The minimum atomic E-state index is -1.06. The van der Waals surface area contributed by atoms with Crippen molar-refractivity contribution < 1.29 is 14.3 Å². The number of rotatable bonds is 7. The lowest BCUT2D eigenvalue weighted by atomic mass is 9.89. The summed E-state index contributed by atoms with van der Waals surface area (Å²) < 4.78 is 19.2. The lowest BCUT2D eigenvalue weighted by molar-refractivity contribution is 0.0630. The van der Waals surface area contributed by atoms with E-state index in [1.165, 1.54) is 24.5 Å². The number of amides is 1. The molecule has 2 aliphatic rings. The SMILES string of the molecule is Cc1cc(C(=O)Nc2nc3cc(C4CCN(C5CC5)CC4)ccc3n2CC(C)(C)O)c(F)c(-c2cnn(C)c2C)n1. The monoisotopic (exact) mass is 559 g/mol. The number of hydrogen-bond acceptors (Lipinski definition) is 6. The molecule has 0 bridgehead atoms. The van der Waals surface area contributed by atoms with Gasteiger partial charge in [0.15, 0.2) is 5.82 Å². The number of piperidine rings is 1. The van der Waals surface area contributed by atoms with Gasteiger partial charge in [-0.3, -0.25) is 14.8 Å². The zero-order chi connectivity index (χ0) is 29.1. The highest BCUT2D eigenvalue weighted by molar-refractivity contribution is 6.05. The van der Waals surface area contributed by atoms with Gasteiger partial charge < -0.3 is 14.6 Å². The highest BCUT2D eigenvalue weighted by atomic mass is 19.1. The van der Waals surface area contributed by atoms with Gasteiger partial charge in [-0.15, -0.1) is 0 Å². The van der Waals surface area contributed by atoms with E-state index in [9.17, 15) is 9.90 Å². The summed E-state index contributed by atoms with van der Waals surface area (Å²) in [5.74, 6) is -0.610. The van der Waals surface area contributed by atoms with Gasteiger partial charge in [0.05, 0.1) is 34.9 Å². The maximum atomic E-state index is 15.8. The third kappa shape index (κ3) is 5.50. The lowest BCUT2D eigenvalue weighted by Crippen LogP contribution is -2.34. The number of carbonyl (C=O) groups excluding carboxylic acids is 1. The minimum Gasteiger partial charge on any atom is -0.389 e. The van der Waals surface area contributed by atoms with Gasteiger partial charge in [-0.1, -0.05) is 6.07 Å². The normalized spacial score (nSPS) is 17.0. The Hall–Kier alpha value is -3.63. The van der Waals surface area contributed by atoms with E-state index in [4.69, 9.17) is 4.98 Å². The first-order valence-electron chi connectivity index (χ1n) is 14.4. The standard InChI is InChI=1S/C31H38FN7O2/c1-18-14-23(27(32)28(34-18)24-16-33-37(5)19(24)2)29(40)36-30-35-25-15-21(6-9-26(25)39(30)17-31(3,4)41)20-10-12-38(13-11-20)22-7-8-22/h6,9,14-16,20,22,41H,7-8,10-13,17H2,1-5H3,(H,35,36,40). The molecule has 6 rings (SSSR count). The summed E-state index contributed by atoms with van der Waals surface area (Å²) in [5.41, 5.74) is 3.48. The molecule has 0 atom stereocenters. The largest absolute Gasteiger partial charge is 0.389 e. The summed E-state index contributed by atoms with van der Waals surface area (Å²) in [4.78, 5) is 25.3. The second-order valence-corrected chi connectivity index (χ2v) is 12.3. The van der Waals surface area contributed by atoms with Crippen LogP contribution < -0.4 is 5.32 Å². The summed E-state index contributed by atoms with van der Waals surface area (Å²) in [5, 5.41) is 17.7. The smallest absolute Gasteiger partial charge is 0.261 e. The zero-order valence-electron chi connectivity index (χ0n) is 24.4. The summed E-state index contributed by atoms with van der Waals surface area (Å²) >= 11 is 0. The third-order valence-corrected chi connectivity index (χ3v) is 8.43. The molecule has 4 heterocycles. The molecule has 0 radical (unpaired) electrons. The molecule has 1 saturated heterocycles. The molecular formula is C31H38FN7O2. The summed E-state index contributed by atoms with van der Waals surface area (Å²) in [6.45, 7) is 9.43. The molecule has 0 unspecified atom stereocenters. The van der Waals surface area contributed by atoms with Gasteiger partial charge in [0.1, 0.15) is 5.69 Å². The van der Waals surface area contributed by atoms with Crippen molar-refractivity contribution in [3.05, 3.63) is 58.8 Å². The number of aliphatic hydroxyl groups is 1. The second-order valence-electron chi connectivity index (χ2n) is 12.3. The van der Waals surface area contributed by atoms with Gasteiger partial charge in [-0.2, -0.15) is 5.10 Å². The van der Waals surface area contributed by atoms with Gasteiger partial charge in [-0.05, 0) is 96.1 Å². The lowest BCUT2D eigenvalue weighted by Gasteiger charge is -2.32. The Morgan fingerprint density at radius 1 is 1.12 bits per heavy atom. The minimum absolute atomic E-state index is 0.0862. The number of pyridine rings is 1. The Balaban J connectivity index is 1.32. The van der Waals surface area contributed by atoms with Crippen LogP contribution in [0, 0.1) is 19.7 Å². The zero-order valence-corrected chi connectivity index (χ0v) is 24.4. The molecule has 1 aliphatic carbocycles. The van der Waals surface area contributed by atoms with Crippen molar-refractivity contribution in [1.29, 1.82) is 0 Å². The third-order valence-electron chi connectivity index (χ3n) is 8.43. The molecule has 10 heteroatoms. The van der Waals surface area contributed by atoms with E-state index in [1.807, 2.05) is 13.0 Å². The van der Waals surface area contributed by atoms with E-state index in [-0.39, 0.29) is 23.8 Å². The maximum Gasteiger partial charge on any atom is 0.261 e. The van der Waals surface area contributed by atoms with E-state index >= 15 is 4.39 Å². The van der Waals surface area contributed by atoms with Crippen molar-refractivity contribution in [1.82, 2.24) is 29.2 Å². The van der Waals surface area contributed by atoms with Crippen molar-refractivity contribution in [2.45, 2.75) is 77.5 Å². The molecule has 2 fully saturated rings. The molecule has 1 saturated carbocycles. The van der Waals surface area contributed by atoms with Crippen LogP contribution in [0.25, 0.3) is 22.3 Å². The predicted molar refractivity (Wildman–Crippen MR) is 156 cm³/mol. The van der Waals surface area contributed by atoms with Gasteiger partial charge in [0, 0.05) is 30.0 Å². The molecule has 41 heavy (non-hydrogen) atoms. The Morgan fingerprint density at radius 3 is 2.49 bits per heavy atom. The molecule has 216 valence electrons. The van der Waals surface area contributed by atoms with Crippen LogP contribution in [0.5, 0.6) is 0 Å². The van der Waals surface area contributed by atoms with Gasteiger partial charge in [-0.25, -0.2) is 14.4 Å². The number of fused-ring (bicyclic) bond motifs is 1. The van der Waals surface area contributed by atoms with Crippen molar-refractivity contribution in [3.63, 3.8) is 0 Å². The highest BCUT2D eigenvalue weighted by Gasteiger charge is 2.32. The number of aromatic nitrogens is 5. The summed E-state index contributed by atoms with van der Waals surface area (Å²) in [7, 11) is 1.77. The van der Waals surface area contributed by atoms with Crippen LogP contribution >= 0.6 is 0 Å². The van der Waals surface area contributed by atoms with Crippen molar-refractivity contribution in [2.75, 3.05) is 18.4 Å². The highest BCUT2D eigenvalue weighted by Crippen LogP contribution is 2.36. The number of halogens is 1. The average Bonchev–Trinajstić information content (AvgIpc) is 3.66. The molecule has 4 aromatic rings. The van der Waals surface area contributed by atoms with E-state index in [2.05, 4.69) is 32.4 Å². The number of anilines is 1. The number of imidazole rings is 1. The topological polar surface area (TPSA) is 101 Å². The fourth-order valence-corrected chi connectivity index (χ4v) is 5.98. The first-order valence-corrected chi connectivity index (χ1v) is 14.4. The molecule has 1 aromatic carbocycles. The summed E-state index contributed by atoms with van der Waals surface area (Å²) in [6, 6.07) is 8.49. The average molecular weight is 560 g/mol. The number of nitrogens with zero attached hydrogens (tertiary/aromatic N) is 6. The number of carbonyl (C=O) groups is 1. The van der Waals surface area contributed by atoms with Crippen LogP contribution in [-0.2, 0) is 13.6 Å². The number of likely N-dealkylation sites (tertiary alicyclic amines) is 1. The van der Waals surface area contributed by atoms with Gasteiger partial charge >= 0.3 is 0 Å². The van der Waals surface area contributed by atoms with Crippen molar-refractivity contribution >= 4 is 22.9 Å². The number of hydrogen-bond donors (Lipinski definition) is 2. The van der Waals surface area contributed by atoms with Crippen molar-refractivity contribution in [3.8, 4) is 11.3 Å². The molecule has 3 aromatic heterocycles. The van der Waals surface area contributed by atoms with Crippen LogP contribution in [-0.4, -0.2) is 65.0 Å². The quantitative estimate of drug-likeness (QED) is 0.332. The number of benzene rings is 1. The van der Waals surface area contributed by atoms with E-state index in [1.54, 1.807) is 43.3 Å². The Labute approximate surface area is 239 Å². The van der Waals surface area contributed by atoms with E-state index < -0.39 is 17.3 Å². The second kappa shape index (κ2) is 10.3. The fourth-order valence-electron chi connectivity index (χ4n) is 5.98. The van der Waals surface area contributed by atoms with Crippen LogP contribution in [0.15, 0.2) is 30.5 Å². The number of nitrogens with one attached hydrogen (secondary N) is 1. The molecule has 0 spiro atoms. The van der Waals surface area contributed by atoms with Crippen LogP contribution in [0.3, 0.4) is 0 Å². The maximum absolute atomic E-state index is 15.8. The van der Waals surface area contributed by atoms with E-state index in [0.717, 1.165) is 48.7 Å². The van der Waals surface area contributed by atoms with Crippen LogP contribution in [0.2, 0.25) is 0 Å². The Bertz CT molecular complexity index is 1620. The summed E-state index contributed by atoms with van der Waals surface area (Å²) in [6.07, 6.45) is 6.46. The van der Waals surface area contributed by atoms with Crippen LogP contribution in [0.4, 0.5) is 10.3 Å². The van der Waals surface area contributed by atoms with E-state index in [0.29, 0.717) is 17.2 Å².